The SMILES string of the molecule is O=C(CCc1nncn1-c1ccccc1)NC(C1CC1)C1CC1. The first-order valence-corrected chi connectivity index (χ1v) is 8.55. The summed E-state index contributed by atoms with van der Waals surface area (Å²) in [6.45, 7) is 0. The van der Waals surface area contributed by atoms with Crippen molar-refractivity contribution >= 4 is 5.91 Å². The van der Waals surface area contributed by atoms with E-state index in [2.05, 4.69) is 15.5 Å². The van der Waals surface area contributed by atoms with Crippen LogP contribution in [0.4, 0.5) is 0 Å². The van der Waals surface area contributed by atoms with Gasteiger partial charge in [0.1, 0.15) is 12.2 Å². The third-order valence-corrected chi connectivity index (χ3v) is 4.82. The van der Waals surface area contributed by atoms with Gasteiger partial charge in [0.2, 0.25) is 5.91 Å². The van der Waals surface area contributed by atoms with E-state index < -0.39 is 0 Å². The molecule has 2 aliphatic carbocycles. The monoisotopic (exact) mass is 310 g/mol. The molecule has 120 valence electrons. The molecule has 1 amide bonds. The van der Waals surface area contributed by atoms with E-state index >= 15 is 0 Å². The molecule has 2 fully saturated rings. The zero-order valence-corrected chi connectivity index (χ0v) is 13.2. The number of benzene rings is 1. The van der Waals surface area contributed by atoms with Crippen LogP contribution < -0.4 is 5.32 Å². The van der Waals surface area contributed by atoms with E-state index in [1.54, 1.807) is 6.33 Å². The topological polar surface area (TPSA) is 59.8 Å². The van der Waals surface area contributed by atoms with E-state index in [-0.39, 0.29) is 5.91 Å². The Morgan fingerprint density at radius 2 is 1.87 bits per heavy atom. The number of carbonyl (C=O) groups is 1. The minimum Gasteiger partial charge on any atom is -0.353 e. The number of para-hydroxylation sites is 1. The first-order chi connectivity index (χ1) is 11.3. The van der Waals surface area contributed by atoms with Crippen LogP contribution in [0.25, 0.3) is 5.69 Å². The highest BCUT2D eigenvalue weighted by molar-refractivity contribution is 5.76. The number of carbonyl (C=O) groups excluding carboxylic acids is 1. The zero-order chi connectivity index (χ0) is 15.6. The maximum atomic E-state index is 12.3. The van der Waals surface area contributed by atoms with Gasteiger partial charge in [-0.3, -0.25) is 9.36 Å². The summed E-state index contributed by atoms with van der Waals surface area (Å²) in [4.78, 5) is 12.3. The van der Waals surface area contributed by atoms with Crippen LogP contribution in [0.5, 0.6) is 0 Å². The van der Waals surface area contributed by atoms with Gasteiger partial charge in [-0.25, -0.2) is 0 Å². The zero-order valence-electron chi connectivity index (χ0n) is 13.2. The van der Waals surface area contributed by atoms with Crippen LogP contribution in [-0.4, -0.2) is 26.7 Å². The van der Waals surface area contributed by atoms with Gasteiger partial charge in [-0.1, -0.05) is 18.2 Å². The Labute approximate surface area is 136 Å². The van der Waals surface area contributed by atoms with Gasteiger partial charge in [-0.2, -0.15) is 0 Å². The molecule has 4 rings (SSSR count). The summed E-state index contributed by atoms with van der Waals surface area (Å²) >= 11 is 0. The fourth-order valence-corrected chi connectivity index (χ4v) is 3.25. The van der Waals surface area contributed by atoms with Gasteiger partial charge >= 0.3 is 0 Å². The molecule has 1 aromatic heterocycles. The number of nitrogens with zero attached hydrogens (tertiary/aromatic N) is 3. The van der Waals surface area contributed by atoms with Crippen LogP contribution in [0, 0.1) is 11.8 Å². The minimum absolute atomic E-state index is 0.149. The van der Waals surface area contributed by atoms with Crippen LogP contribution in [0.15, 0.2) is 36.7 Å². The van der Waals surface area contributed by atoms with Gasteiger partial charge in [-0.15, -0.1) is 10.2 Å². The third kappa shape index (κ3) is 3.44. The summed E-state index contributed by atoms with van der Waals surface area (Å²) in [6, 6.07) is 10.4. The number of rotatable bonds is 7. The number of aromatic nitrogens is 3. The third-order valence-electron chi connectivity index (χ3n) is 4.82. The van der Waals surface area contributed by atoms with Crippen molar-refractivity contribution < 1.29 is 4.79 Å². The van der Waals surface area contributed by atoms with Gasteiger partial charge in [0, 0.05) is 24.6 Å². The van der Waals surface area contributed by atoms with Crippen molar-refractivity contribution in [3.8, 4) is 5.69 Å². The molecule has 1 aromatic carbocycles. The van der Waals surface area contributed by atoms with Crippen molar-refractivity contribution in [3.63, 3.8) is 0 Å². The van der Waals surface area contributed by atoms with Gasteiger partial charge < -0.3 is 5.32 Å². The Morgan fingerprint density at radius 3 is 2.52 bits per heavy atom. The number of nitrogens with one attached hydrogen (secondary N) is 1. The first-order valence-electron chi connectivity index (χ1n) is 8.55. The Hall–Kier alpha value is -2.17. The predicted octanol–water partition coefficient (Wildman–Crippen LogP) is 2.50. The standard InChI is InChI=1S/C18H22N4O/c23-17(20-18(13-6-7-13)14-8-9-14)11-10-16-21-19-12-22(16)15-4-2-1-3-5-15/h1-5,12-14,18H,6-11H2,(H,20,23). The van der Waals surface area contributed by atoms with Crippen molar-refractivity contribution in [1.82, 2.24) is 20.1 Å². The fourth-order valence-electron chi connectivity index (χ4n) is 3.25. The van der Waals surface area contributed by atoms with Gasteiger partial charge in [-0.05, 0) is 49.7 Å². The van der Waals surface area contributed by atoms with E-state index in [0.717, 1.165) is 23.3 Å². The number of amides is 1. The van der Waals surface area contributed by atoms with E-state index in [1.165, 1.54) is 25.7 Å². The van der Waals surface area contributed by atoms with Crippen molar-refractivity contribution in [2.75, 3.05) is 0 Å². The average Bonchev–Trinajstić information content (AvgIpc) is 3.50. The Balaban J connectivity index is 1.36. The normalized spacial score (nSPS) is 17.4. The average molecular weight is 310 g/mol. The van der Waals surface area contributed by atoms with Gasteiger partial charge in [0.05, 0.1) is 0 Å². The maximum Gasteiger partial charge on any atom is 0.220 e. The summed E-state index contributed by atoms with van der Waals surface area (Å²) < 4.78 is 1.95. The molecule has 5 nitrogen and oxygen atoms in total. The number of hydrogen-bond donors (Lipinski definition) is 1. The molecular formula is C18H22N4O. The lowest BCUT2D eigenvalue weighted by molar-refractivity contribution is -0.122. The second-order valence-electron chi connectivity index (χ2n) is 6.72. The van der Waals surface area contributed by atoms with E-state index in [1.807, 2.05) is 34.9 Å². The summed E-state index contributed by atoms with van der Waals surface area (Å²) in [5, 5.41) is 11.4. The molecule has 0 atom stereocenters. The van der Waals surface area contributed by atoms with Crippen LogP contribution in [0.1, 0.15) is 37.9 Å². The molecular weight excluding hydrogens is 288 g/mol. The van der Waals surface area contributed by atoms with Crippen LogP contribution >= 0.6 is 0 Å². The van der Waals surface area contributed by atoms with E-state index in [4.69, 9.17) is 0 Å². The maximum absolute atomic E-state index is 12.3. The van der Waals surface area contributed by atoms with Crippen LogP contribution in [0.3, 0.4) is 0 Å². The van der Waals surface area contributed by atoms with E-state index in [0.29, 0.717) is 18.9 Å². The largest absolute Gasteiger partial charge is 0.353 e. The van der Waals surface area contributed by atoms with Gasteiger partial charge in [0.25, 0.3) is 0 Å². The Bertz CT molecular complexity index is 661. The number of aryl methyl sites for hydroxylation is 1. The second kappa shape index (κ2) is 6.14. The summed E-state index contributed by atoms with van der Waals surface area (Å²) in [5.74, 6) is 2.45. The minimum atomic E-state index is 0.149. The quantitative estimate of drug-likeness (QED) is 0.855. The molecule has 0 spiro atoms. The molecule has 2 saturated carbocycles. The lowest BCUT2D eigenvalue weighted by Gasteiger charge is -2.17. The number of hydrogen-bond acceptors (Lipinski definition) is 3. The Kier molecular flexibility index (Phi) is 3.85. The highest BCUT2D eigenvalue weighted by Gasteiger charge is 2.42. The molecule has 1 N–H and O–H groups in total. The second-order valence-corrected chi connectivity index (χ2v) is 6.72. The molecule has 2 aromatic rings. The van der Waals surface area contributed by atoms with Crippen molar-refractivity contribution in [2.24, 2.45) is 11.8 Å². The van der Waals surface area contributed by atoms with Crippen LogP contribution in [0.2, 0.25) is 0 Å². The first kappa shape index (κ1) is 14.4. The molecule has 0 bridgehead atoms. The van der Waals surface area contributed by atoms with Crippen molar-refractivity contribution in [2.45, 2.75) is 44.6 Å². The molecule has 0 radical (unpaired) electrons. The van der Waals surface area contributed by atoms with Crippen LogP contribution in [-0.2, 0) is 11.2 Å². The van der Waals surface area contributed by atoms with Crippen molar-refractivity contribution in [1.29, 1.82) is 0 Å². The summed E-state index contributed by atoms with van der Waals surface area (Å²) in [7, 11) is 0. The fraction of sp³-hybridized carbons (Fsp3) is 0.500. The van der Waals surface area contributed by atoms with Gasteiger partial charge in [0.15, 0.2) is 0 Å². The molecule has 0 saturated heterocycles. The summed E-state index contributed by atoms with van der Waals surface area (Å²) in [5.41, 5.74) is 1.03. The molecule has 5 heteroatoms. The van der Waals surface area contributed by atoms with Crippen molar-refractivity contribution in [3.05, 3.63) is 42.5 Å². The lowest BCUT2D eigenvalue weighted by Crippen LogP contribution is -2.38. The van der Waals surface area contributed by atoms with E-state index in [9.17, 15) is 4.79 Å². The molecule has 1 heterocycles. The predicted molar refractivity (Wildman–Crippen MR) is 87.1 cm³/mol. The lowest BCUT2D eigenvalue weighted by atomic mass is 10.1. The molecule has 0 aliphatic heterocycles. The highest BCUT2D eigenvalue weighted by Crippen LogP contribution is 2.44. The molecule has 0 unspecified atom stereocenters. The smallest absolute Gasteiger partial charge is 0.220 e. The highest BCUT2D eigenvalue weighted by atomic mass is 16.1. The Morgan fingerprint density at radius 1 is 1.17 bits per heavy atom. The molecule has 23 heavy (non-hydrogen) atoms. The summed E-state index contributed by atoms with van der Waals surface area (Å²) in [6.07, 6.45) is 7.92. The molecule has 2 aliphatic rings.